The first-order valence-electron chi connectivity index (χ1n) is 6.67. The molecule has 3 heterocycles. The summed E-state index contributed by atoms with van der Waals surface area (Å²) in [4.78, 5) is 14.2. The Kier molecular flexibility index (Phi) is 3.15. The highest BCUT2D eigenvalue weighted by atomic mass is 16.4. The van der Waals surface area contributed by atoms with Crippen molar-refractivity contribution in [3.8, 4) is 11.5 Å². The Morgan fingerprint density at radius 3 is 2.95 bits per heavy atom. The van der Waals surface area contributed by atoms with Gasteiger partial charge in [-0.3, -0.25) is 4.79 Å². The standard InChI is InChI=1S/C15H17NO3/c1-11-4-2-8-16(10-11)15(17)14-7-6-13(19-14)12-5-3-9-18-12/h3,5-7,9,11H,2,4,8,10H2,1H3/t11-/m1/s1. The SMILES string of the molecule is C[C@@H]1CCCN(C(=O)c2ccc(-c3ccco3)o2)C1. The molecule has 2 aromatic heterocycles. The van der Waals surface area contributed by atoms with Gasteiger partial charge in [-0.1, -0.05) is 6.92 Å². The summed E-state index contributed by atoms with van der Waals surface area (Å²) < 4.78 is 10.8. The number of piperidine rings is 1. The maximum Gasteiger partial charge on any atom is 0.289 e. The van der Waals surface area contributed by atoms with E-state index in [2.05, 4.69) is 6.92 Å². The first-order valence-corrected chi connectivity index (χ1v) is 6.67. The summed E-state index contributed by atoms with van der Waals surface area (Å²) >= 11 is 0. The van der Waals surface area contributed by atoms with Crippen LogP contribution in [0.5, 0.6) is 0 Å². The fourth-order valence-corrected chi connectivity index (χ4v) is 2.53. The molecule has 1 amide bonds. The van der Waals surface area contributed by atoms with Gasteiger partial charge in [0, 0.05) is 13.1 Å². The van der Waals surface area contributed by atoms with E-state index in [1.54, 1.807) is 24.5 Å². The van der Waals surface area contributed by atoms with Crippen LogP contribution in [-0.2, 0) is 0 Å². The third-order valence-electron chi connectivity index (χ3n) is 3.53. The van der Waals surface area contributed by atoms with Crippen LogP contribution in [0, 0.1) is 5.92 Å². The van der Waals surface area contributed by atoms with Gasteiger partial charge in [-0.15, -0.1) is 0 Å². The number of hydrogen-bond donors (Lipinski definition) is 0. The number of furan rings is 2. The smallest absolute Gasteiger partial charge is 0.289 e. The zero-order valence-corrected chi connectivity index (χ0v) is 11.0. The van der Waals surface area contributed by atoms with Gasteiger partial charge in [-0.2, -0.15) is 0 Å². The minimum absolute atomic E-state index is 0.0237. The molecule has 0 aromatic carbocycles. The number of carbonyl (C=O) groups is 1. The zero-order valence-electron chi connectivity index (χ0n) is 11.0. The first kappa shape index (κ1) is 12.1. The fraction of sp³-hybridized carbons (Fsp3) is 0.400. The van der Waals surface area contributed by atoms with Crippen LogP contribution in [-0.4, -0.2) is 23.9 Å². The van der Waals surface area contributed by atoms with Crippen LogP contribution in [0.4, 0.5) is 0 Å². The summed E-state index contributed by atoms with van der Waals surface area (Å²) in [6.45, 7) is 3.81. The highest BCUT2D eigenvalue weighted by Crippen LogP contribution is 2.24. The number of nitrogens with zero attached hydrogens (tertiary/aromatic N) is 1. The molecule has 100 valence electrons. The van der Waals surface area contributed by atoms with E-state index >= 15 is 0 Å². The van der Waals surface area contributed by atoms with E-state index in [0.29, 0.717) is 23.2 Å². The summed E-state index contributed by atoms with van der Waals surface area (Å²) in [5.74, 6) is 2.17. The van der Waals surface area contributed by atoms with E-state index in [-0.39, 0.29) is 5.91 Å². The second kappa shape index (κ2) is 4.96. The maximum absolute atomic E-state index is 12.3. The monoisotopic (exact) mass is 259 g/mol. The van der Waals surface area contributed by atoms with Crippen LogP contribution in [0.2, 0.25) is 0 Å². The van der Waals surface area contributed by atoms with Gasteiger partial charge < -0.3 is 13.7 Å². The van der Waals surface area contributed by atoms with E-state index in [0.717, 1.165) is 19.5 Å². The lowest BCUT2D eigenvalue weighted by Gasteiger charge is -2.30. The van der Waals surface area contributed by atoms with Gasteiger partial charge in [0.15, 0.2) is 17.3 Å². The highest BCUT2D eigenvalue weighted by Gasteiger charge is 2.24. The Labute approximate surface area is 112 Å². The average molecular weight is 259 g/mol. The van der Waals surface area contributed by atoms with Gasteiger partial charge in [0.05, 0.1) is 6.26 Å². The van der Waals surface area contributed by atoms with Crippen molar-refractivity contribution in [3.63, 3.8) is 0 Å². The Hall–Kier alpha value is -1.97. The number of rotatable bonds is 2. The topological polar surface area (TPSA) is 46.6 Å². The maximum atomic E-state index is 12.3. The van der Waals surface area contributed by atoms with Crippen LogP contribution in [0.3, 0.4) is 0 Å². The normalized spacial score (nSPS) is 19.6. The quantitative estimate of drug-likeness (QED) is 0.830. The van der Waals surface area contributed by atoms with E-state index in [4.69, 9.17) is 8.83 Å². The first-order chi connectivity index (χ1) is 9.24. The largest absolute Gasteiger partial charge is 0.461 e. The molecule has 1 atom stereocenters. The van der Waals surface area contributed by atoms with Crippen molar-refractivity contribution in [2.24, 2.45) is 5.92 Å². The summed E-state index contributed by atoms with van der Waals surface area (Å²) in [5.41, 5.74) is 0. The molecule has 0 spiro atoms. The van der Waals surface area contributed by atoms with Gasteiger partial charge in [0.25, 0.3) is 5.91 Å². The van der Waals surface area contributed by atoms with E-state index in [1.807, 2.05) is 11.0 Å². The number of hydrogen-bond acceptors (Lipinski definition) is 3. The second-order valence-electron chi connectivity index (χ2n) is 5.14. The molecule has 4 nitrogen and oxygen atoms in total. The van der Waals surface area contributed by atoms with Crippen molar-refractivity contribution in [1.82, 2.24) is 4.90 Å². The average Bonchev–Trinajstić information content (AvgIpc) is 3.08. The predicted octanol–water partition coefficient (Wildman–Crippen LogP) is 3.41. The van der Waals surface area contributed by atoms with Crippen LogP contribution < -0.4 is 0 Å². The minimum Gasteiger partial charge on any atom is -0.461 e. The predicted molar refractivity (Wildman–Crippen MR) is 70.7 cm³/mol. The zero-order chi connectivity index (χ0) is 13.2. The fourth-order valence-electron chi connectivity index (χ4n) is 2.53. The molecule has 1 aliphatic heterocycles. The van der Waals surface area contributed by atoms with Gasteiger partial charge >= 0.3 is 0 Å². The van der Waals surface area contributed by atoms with Gasteiger partial charge in [0.1, 0.15) is 0 Å². The molecule has 1 fully saturated rings. The highest BCUT2D eigenvalue weighted by molar-refractivity contribution is 5.92. The Morgan fingerprint density at radius 2 is 2.21 bits per heavy atom. The van der Waals surface area contributed by atoms with Gasteiger partial charge in [-0.25, -0.2) is 0 Å². The molecule has 2 aromatic rings. The molecule has 1 saturated heterocycles. The molecule has 0 saturated carbocycles. The minimum atomic E-state index is -0.0237. The third-order valence-corrected chi connectivity index (χ3v) is 3.53. The van der Waals surface area contributed by atoms with E-state index in [1.165, 1.54) is 6.42 Å². The number of likely N-dealkylation sites (tertiary alicyclic amines) is 1. The second-order valence-corrected chi connectivity index (χ2v) is 5.14. The third kappa shape index (κ3) is 2.43. The summed E-state index contributed by atoms with van der Waals surface area (Å²) in [6, 6.07) is 7.11. The molecule has 0 radical (unpaired) electrons. The molecule has 3 rings (SSSR count). The number of amides is 1. The van der Waals surface area contributed by atoms with Crippen molar-refractivity contribution in [2.45, 2.75) is 19.8 Å². The molecular weight excluding hydrogens is 242 g/mol. The molecule has 0 bridgehead atoms. The van der Waals surface area contributed by atoms with E-state index < -0.39 is 0 Å². The molecule has 0 N–H and O–H groups in total. The molecule has 1 aliphatic rings. The molecular formula is C15H17NO3. The number of carbonyl (C=O) groups excluding carboxylic acids is 1. The van der Waals surface area contributed by atoms with Crippen molar-refractivity contribution in [2.75, 3.05) is 13.1 Å². The van der Waals surface area contributed by atoms with E-state index in [9.17, 15) is 4.79 Å². The van der Waals surface area contributed by atoms with Gasteiger partial charge in [-0.05, 0) is 43.0 Å². The van der Waals surface area contributed by atoms with Crippen molar-refractivity contribution >= 4 is 5.91 Å². The van der Waals surface area contributed by atoms with Crippen LogP contribution in [0.25, 0.3) is 11.5 Å². The van der Waals surface area contributed by atoms with Crippen molar-refractivity contribution in [3.05, 3.63) is 36.3 Å². The lowest BCUT2D eigenvalue weighted by atomic mass is 10.0. The Bertz CT molecular complexity index is 556. The lowest BCUT2D eigenvalue weighted by Crippen LogP contribution is -2.38. The van der Waals surface area contributed by atoms with Crippen LogP contribution >= 0.6 is 0 Å². The van der Waals surface area contributed by atoms with Crippen molar-refractivity contribution in [1.29, 1.82) is 0 Å². The van der Waals surface area contributed by atoms with Crippen LogP contribution in [0.15, 0.2) is 39.4 Å². The van der Waals surface area contributed by atoms with Crippen molar-refractivity contribution < 1.29 is 13.6 Å². The summed E-state index contributed by atoms with van der Waals surface area (Å²) in [7, 11) is 0. The van der Waals surface area contributed by atoms with Crippen LogP contribution in [0.1, 0.15) is 30.3 Å². The Balaban J connectivity index is 1.77. The lowest BCUT2D eigenvalue weighted by molar-refractivity contribution is 0.0651. The molecule has 19 heavy (non-hydrogen) atoms. The summed E-state index contributed by atoms with van der Waals surface area (Å²) in [5, 5.41) is 0. The molecule has 0 unspecified atom stereocenters. The van der Waals surface area contributed by atoms with Gasteiger partial charge in [0.2, 0.25) is 0 Å². The molecule has 0 aliphatic carbocycles. The molecule has 4 heteroatoms. The summed E-state index contributed by atoms with van der Waals surface area (Å²) in [6.07, 6.45) is 3.85. The Morgan fingerprint density at radius 1 is 1.32 bits per heavy atom.